The first-order valence-electron chi connectivity index (χ1n) is 6.27. The van der Waals surface area contributed by atoms with Gasteiger partial charge in [-0.3, -0.25) is 4.79 Å². The van der Waals surface area contributed by atoms with Crippen LogP contribution >= 0.6 is 11.6 Å². The summed E-state index contributed by atoms with van der Waals surface area (Å²) in [6.45, 7) is 0. The lowest BCUT2D eigenvalue weighted by Crippen LogP contribution is -2.48. The zero-order valence-electron chi connectivity index (χ0n) is 10.7. The molecule has 1 saturated carbocycles. The van der Waals surface area contributed by atoms with Gasteiger partial charge in [0, 0.05) is 5.39 Å². The predicted octanol–water partition coefficient (Wildman–Crippen LogP) is 3.71. The Kier molecular flexibility index (Phi) is 3.09. The molecule has 21 heavy (non-hydrogen) atoms. The topological polar surface area (TPSA) is 42.0 Å². The van der Waals surface area contributed by atoms with Crippen LogP contribution < -0.4 is 5.32 Å². The van der Waals surface area contributed by atoms with Crippen molar-refractivity contribution in [2.45, 2.75) is 24.6 Å². The minimum atomic E-state index is -4.46. The number of rotatable bonds is 2. The van der Waals surface area contributed by atoms with Gasteiger partial charge in [-0.15, -0.1) is 0 Å². The molecule has 7 heteroatoms. The SMILES string of the molecule is O=C(NC1(C(F)(F)F)CC1)c1cc(Cl)c2ccccc2n1. The van der Waals surface area contributed by atoms with Crippen molar-refractivity contribution in [3.05, 3.63) is 41.0 Å². The summed E-state index contributed by atoms with van der Waals surface area (Å²) in [4.78, 5) is 16.1. The Balaban J connectivity index is 1.92. The van der Waals surface area contributed by atoms with Crippen LogP contribution in [-0.2, 0) is 0 Å². The number of carbonyl (C=O) groups excluding carboxylic acids is 1. The average molecular weight is 315 g/mol. The summed E-state index contributed by atoms with van der Waals surface area (Å²) in [5, 5.41) is 2.96. The van der Waals surface area contributed by atoms with Crippen LogP contribution in [0.25, 0.3) is 10.9 Å². The number of carbonyl (C=O) groups is 1. The van der Waals surface area contributed by atoms with Gasteiger partial charge in [-0.1, -0.05) is 29.8 Å². The third-order valence-electron chi connectivity index (χ3n) is 3.54. The van der Waals surface area contributed by atoms with E-state index >= 15 is 0 Å². The standard InChI is InChI=1S/C14H10ClF3N2O/c15-9-7-11(19-10-4-2-1-3-8(9)10)12(21)20-13(5-6-13)14(16,17)18/h1-4,7H,5-6H2,(H,20,21). The predicted molar refractivity (Wildman–Crippen MR) is 72.2 cm³/mol. The molecule has 1 amide bonds. The summed E-state index contributed by atoms with van der Waals surface area (Å²) in [5.41, 5.74) is -1.76. The van der Waals surface area contributed by atoms with E-state index in [9.17, 15) is 18.0 Å². The van der Waals surface area contributed by atoms with Gasteiger partial charge in [-0.05, 0) is 25.0 Å². The number of aromatic nitrogens is 1. The van der Waals surface area contributed by atoms with E-state index in [4.69, 9.17) is 11.6 Å². The molecule has 3 nitrogen and oxygen atoms in total. The molecule has 0 unspecified atom stereocenters. The molecule has 0 bridgehead atoms. The lowest BCUT2D eigenvalue weighted by molar-refractivity contribution is -0.163. The second kappa shape index (κ2) is 4.59. The molecule has 0 atom stereocenters. The number of amides is 1. The molecule has 3 rings (SSSR count). The lowest BCUT2D eigenvalue weighted by atomic mass is 10.2. The molecule has 1 fully saturated rings. The molecular weight excluding hydrogens is 305 g/mol. The van der Waals surface area contributed by atoms with Crippen LogP contribution in [0.15, 0.2) is 30.3 Å². The van der Waals surface area contributed by atoms with Gasteiger partial charge in [0.15, 0.2) is 0 Å². The zero-order chi connectivity index (χ0) is 15.3. The van der Waals surface area contributed by atoms with Crippen LogP contribution in [0.2, 0.25) is 5.02 Å². The Labute approximate surface area is 123 Å². The van der Waals surface area contributed by atoms with Crippen LogP contribution in [0.5, 0.6) is 0 Å². The van der Waals surface area contributed by atoms with Crippen molar-refractivity contribution in [2.24, 2.45) is 0 Å². The number of fused-ring (bicyclic) bond motifs is 1. The zero-order valence-corrected chi connectivity index (χ0v) is 11.4. The van der Waals surface area contributed by atoms with Crippen molar-refractivity contribution in [3.8, 4) is 0 Å². The molecule has 110 valence electrons. The second-order valence-corrected chi connectivity index (χ2v) is 5.45. The van der Waals surface area contributed by atoms with Crippen molar-refractivity contribution >= 4 is 28.4 Å². The van der Waals surface area contributed by atoms with Gasteiger partial charge in [-0.2, -0.15) is 13.2 Å². The minimum absolute atomic E-state index is 0.108. The van der Waals surface area contributed by atoms with Gasteiger partial charge in [0.25, 0.3) is 5.91 Å². The number of hydrogen-bond acceptors (Lipinski definition) is 2. The van der Waals surface area contributed by atoms with Crippen LogP contribution in [0, 0.1) is 0 Å². The van der Waals surface area contributed by atoms with Crippen LogP contribution in [0.4, 0.5) is 13.2 Å². The fourth-order valence-electron chi connectivity index (χ4n) is 2.13. The number of pyridine rings is 1. The van der Waals surface area contributed by atoms with Crippen molar-refractivity contribution in [1.29, 1.82) is 0 Å². The monoisotopic (exact) mass is 314 g/mol. The van der Waals surface area contributed by atoms with Gasteiger partial charge in [0.05, 0.1) is 10.5 Å². The normalized spacial score (nSPS) is 16.8. The Hall–Kier alpha value is -1.82. The van der Waals surface area contributed by atoms with Gasteiger partial charge < -0.3 is 5.32 Å². The highest BCUT2D eigenvalue weighted by Crippen LogP contribution is 2.49. The summed E-state index contributed by atoms with van der Waals surface area (Å²) >= 11 is 6.04. The molecule has 1 heterocycles. The minimum Gasteiger partial charge on any atom is -0.336 e. The fraction of sp³-hybridized carbons (Fsp3) is 0.286. The van der Waals surface area contributed by atoms with Gasteiger partial charge in [0.2, 0.25) is 0 Å². The number of nitrogens with zero attached hydrogens (tertiary/aromatic N) is 1. The summed E-state index contributed by atoms with van der Waals surface area (Å²) in [7, 11) is 0. The Morgan fingerprint density at radius 1 is 1.29 bits per heavy atom. The summed E-state index contributed by atoms with van der Waals surface area (Å²) in [6, 6.07) is 8.13. The molecule has 2 aromatic rings. The summed E-state index contributed by atoms with van der Waals surface area (Å²) < 4.78 is 38.5. The molecule has 1 N–H and O–H groups in total. The Morgan fingerprint density at radius 2 is 1.95 bits per heavy atom. The molecule has 1 aliphatic carbocycles. The van der Waals surface area contributed by atoms with E-state index in [1.165, 1.54) is 6.07 Å². The molecule has 1 aromatic carbocycles. The molecule has 0 radical (unpaired) electrons. The third-order valence-corrected chi connectivity index (χ3v) is 3.86. The smallest absolute Gasteiger partial charge is 0.336 e. The molecule has 0 saturated heterocycles. The van der Waals surface area contributed by atoms with E-state index in [0.29, 0.717) is 10.9 Å². The van der Waals surface area contributed by atoms with Crippen LogP contribution in [-0.4, -0.2) is 22.6 Å². The number of alkyl halides is 3. The third kappa shape index (κ3) is 2.44. The summed E-state index contributed by atoms with van der Waals surface area (Å²) in [5.74, 6) is -0.863. The largest absolute Gasteiger partial charge is 0.411 e. The maximum absolute atomic E-state index is 12.8. The van der Waals surface area contributed by atoms with E-state index in [0.717, 1.165) is 0 Å². The van der Waals surface area contributed by atoms with Gasteiger partial charge >= 0.3 is 6.18 Å². The molecule has 0 spiro atoms. The molecular formula is C14H10ClF3N2O. The highest BCUT2D eigenvalue weighted by atomic mass is 35.5. The maximum Gasteiger partial charge on any atom is 0.411 e. The highest BCUT2D eigenvalue weighted by molar-refractivity contribution is 6.35. The van der Waals surface area contributed by atoms with E-state index in [2.05, 4.69) is 4.98 Å². The van der Waals surface area contributed by atoms with Crippen molar-refractivity contribution in [1.82, 2.24) is 10.3 Å². The van der Waals surface area contributed by atoms with Gasteiger partial charge in [-0.25, -0.2) is 4.98 Å². The second-order valence-electron chi connectivity index (χ2n) is 5.04. The molecule has 1 aliphatic rings. The first-order valence-corrected chi connectivity index (χ1v) is 6.65. The molecule has 0 aliphatic heterocycles. The molecule has 1 aromatic heterocycles. The Morgan fingerprint density at radius 3 is 2.57 bits per heavy atom. The number of halogens is 4. The van der Waals surface area contributed by atoms with Crippen molar-refractivity contribution in [2.75, 3.05) is 0 Å². The van der Waals surface area contributed by atoms with E-state index in [1.54, 1.807) is 24.3 Å². The quantitative estimate of drug-likeness (QED) is 0.918. The maximum atomic E-state index is 12.8. The van der Waals surface area contributed by atoms with Crippen LogP contribution in [0.3, 0.4) is 0 Å². The summed E-state index contributed by atoms with van der Waals surface area (Å²) in [6.07, 6.45) is -4.67. The number of nitrogens with one attached hydrogen (secondary N) is 1. The Bertz CT molecular complexity index is 726. The van der Waals surface area contributed by atoms with E-state index < -0.39 is 17.6 Å². The van der Waals surface area contributed by atoms with E-state index in [-0.39, 0.29) is 23.6 Å². The van der Waals surface area contributed by atoms with Crippen LogP contribution in [0.1, 0.15) is 23.3 Å². The highest BCUT2D eigenvalue weighted by Gasteiger charge is 2.64. The van der Waals surface area contributed by atoms with Gasteiger partial charge in [0.1, 0.15) is 11.2 Å². The number of hydrogen-bond donors (Lipinski definition) is 1. The van der Waals surface area contributed by atoms with Crippen molar-refractivity contribution in [3.63, 3.8) is 0 Å². The number of benzene rings is 1. The number of para-hydroxylation sites is 1. The first-order chi connectivity index (χ1) is 9.82. The first kappa shape index (κ1) is 14.1. The van der Waals surface area contributed by atoms with Crippen molar-refractivity contribution < 1.29 is 18.0 Å². The lowest BCUT2D eigenvalue weighted by Gasteiger charge is -2.20. The van der Waals surface area contributed by atoms with E-state index in [1.807, 2.05) is 5.32 Å². The average Bonchev–Trinajstić information content (AvgIpc) is 3.19. The fourth-order valence-corrected chi connectivity index (χ4v) is 2.40.